The van der Waals surface area contributed by atoms with E-state index in [1.807, 2.05) is 24.3 Å². The summed E-state index contributed by atoms with van der Waals surface area (Å²) in [4.78, 5) is 16.2. The number of piperazine rings is 1. The van der Waals surface area contributed by atoms with Crippen molar-refractivity contribution >= 4 is 43.6 Å². The number of pyridine rings is 2. The van der Waals surface area contributed by atoms with Crippen LogP contribution in [0.1, 0.15) is 35.4 Å². The molecule has 1 saturated heterocycles. The first-order chi connectivity index (χ1) is 37.4. The number of aromatic nitrogens is 4. The number of para-hydroxylation sites is 2. The molecule has 0 unspecified atom stereocenters. The molecule has 388 valence electrons. The second-order valence-corrected chi connectivity index (χ2v) is 19.6. The normalized spacial score (nSPS) is 13.2. The summed E-state index contributed by atoms with van der Waals surface area (Å²) in [6.45, 7) is 6.59. The van der Waals surface area contributed by atoms with Gasteiger partial charge in [0, 0.05) is 96.1 Å². The minimum atomic E-state index is 0.552. The second-order valence-electron chi connectivity index (χ2n) is 19.6. The molecule has 0 N–H and O–H groups in total. The molecular weight excluding hydrogens is 949 g/mol. The van der Waals surface area contributed by atoms with E-state index in [1.54, 1.807) is 42.7 Å². The molecule has 6 aromatic carbocycles. The van der Waals surface area contributed by atoms with Crippen LogP contribution in [0.3, 0.4) is 0 Å². The molecule has 12 nitrogen and oxygen atoms in total. The molecule has 0 spiro atoms. The lowest BCUT2D eigenvalue weighted by atomic mass is 10.0. The van der Waals surface area contributed by atoms with Gasteiger partial charge in [0.2, 0.25) is 11.5 Å². The molecule has 76 heavy (non-hydrogen) atoms. The molecule has 0 bridgehead atoms. The van der Waals surface area contributed by atoms with Crippen molar-refractivity contribution in [1.82, 2.24) is 28.9 Å². The van der Waals surface area contributed by atoms with Gasteiger partial charge in [0.25, 0.3) is 0 Å². The molecule has 11 rings (SSSR count). The van der Waals surface area contributed by atoms with Gasteiger partial charge in [0.1, 0.15) is 0 Å². The molecule has 1 aliphatic heterocycles. The summed E-state index contributed by atoms with van der Waals surface area (Å²) in [6, 6.07) is 51.7. The first-order valence-corrected chi connectivity index (χ1v) is 26.3. The Balaban J connectivity index is 0.914. The van der Waals surface area contributed by atoms with Gasteiger partial charge >= 0.3 is 0 Å². The van der Waals surface area contributed by atoms with Crippen LogP contribution >= 0.6 is 0 Å². The van der Waals surface area contributed by atoms with E-state index in [-0.39, 0.29) is 0 Å². The Kier molecular flexibility index (Phi) is 14.8. The molecule has 4 aromatic heterocycles. The number of nitrogens with zero attached hydrogens (tertiary/aromatic N) is 6. The zero-order valence-corrected chi connectivity index (χ0v) is 44.5. The molecule has 0 atom stereocenters. The molecule has 0 radical (unpaired) electrons. The molecule has 10 aromatic rings. The van der Waals surface area contributed by atoms with Crippen LogP contribution in [-0.4, -0.2) is 97.7 Å². The maximum absolute atomic E-state index is 5.91. The van der Waals surface area contributed by atoms with Crippen molar-refractivity contribution in [2.45, 2.75) is 51.9 Å². The number of benzene rings is 6. The van der Waals surface area contributed by atoms with Gasteiger partial charge < -0.3 is 37.6 Å². The highest BCUT2D eigenvalue weighted by atomic mass is 16.5. The predicted molar refractivity (Wildman–Crippen MR) is 305 cm³/mol. The number of hydrogen-bond donors (Lipinski definition) is 0. The van der Waals surface area contributed by atoms with Gasteiger partial charge in [-0.05, 0) is 85.3 Å². The summed E-state index contributed by atoms with van der Waals surface area (Å²) >= 11 is 0. The van der Waals surface area contributed by atoms with Crippen LogP contribution in [0.5, 0.6) is 34.5 Å². The molecular formula is C64H66N6O6. The maximum atomic E-state index is 5.91. The van der Waals surface area contributed by atoms with Crippen molar-refractivity contribution in [3.8, 4) is 57.0 Å². The predicted octanol–water partition coefficient (Wildman–Crippen LogP) is 12.7. The fourth-order valence-electron chi connectivity index (χ4n) is 11.5. The number of hydrogen-bond acceptors (Lipinski definition) is 10. The van der Waals surface area contributed by atoms with Gasteiger partial charge in [-0.1, -0.05) is 97.1 Å². The Labute approximate surface area is 444 Å². The van der Waals surface area contributed by atoms with E-state index in [1.165, 1.54) is 43.7 Å². The highest BCUT2D eigenvalue weighted by molar-refractivity contribution is 6.13. The topological polar surface area (TPSA) is 97.5 Å². The number of rotatable bonds is 20. The third kappa shape index (κ3) is 9.86. The molecule has 0 aliphatic carbocycles. The van der Waals surface area contributed by atoms with Crippen LogP contribution in [0, 0.1) is 0 Å². The van der Waals surface area contributed by atoms with Gasteiger partial charge in [-0.3, -0.25) is 9.80 Å². The zero-order chi connectivity index (χ0) is 52.1. The van der Waals surface area contributed by atoms with E-state index >= 15 is 0 Å². The smallest absolute Gasteiger partial charge is 0.203 e. The summed E-state index contributed by atoms with van der Waals surface area (Å²) in [7, 11) is 9.94. The largest absolute Gasteiger partial charge is 0.493 e. The lowest BCUT2D eigenvalue weighted by Gasteiger charge is -2.34. The molecule has 0 amide bonds. The van der Waals surface area contributed by atoms with Crippen molar-refractivity contribution in [1.29, 1.82) is 0 Å². The van der Waals surface area contributed by atoms with Crippen LogP contribution < -0.4 is 28.4 Å². The van der Waals surface area contributed by atoms with Crippen molar-refractivity contribution < 1.29 is 28.4 Å². The molecule has 0 saturated carbocycles. The lowest BCUT2D eigenvalue weighted by Crippen LogP contribution is -2.45. The van der Waals surface area contributed by atoms with Crippen molar-refractivity contribution in [2.75, 3.05) is 68.8 Å². The monoisotopic (exact) mass is 1010 g/mol. The van der Waals surface area contributed by atoms with Crippen molar-refractivity contribution in [2.24, 2.45) is 0 Å². The maximum Gasteiger partial charge on any atom is 0.203 e. The first kappa shape index (κ1) is 50.1. The number of fused-ring (bicyclic) bond motifs is 6. The SMILES string of the molecule is COc1cc(-c2nc(CN3CCN(Cc4cc5c6ccccc6n(CCCc6ccccc6)c5c(-c5cc(OC)c(OC)c(OC)c5)n4)CC3)cc3c4ccccc4n(CCCc4ccccc4)c23)cc(OC)c1OC. The summed E-state index contributed by atoms with van der Waals surface area (Å²) in [5.74, 6) is 3.47. The fourth-order valence-corrected chi connectivity index (χ4v) is 11.5. The highest BCUT2D eigenvalue weighted by Gasteiger charge is 2.26. The Hall–Kier alpha value is -8.06. The average Bonchev–Trinajstić information content (AvgIpc) is 4.09. The Morgan fingerprint density at radius 3 is 1.11 bits per heavy atom. The summed E-state index contributed by atoms with van der Waals surface area (Å²) in [6.07, 6.45) is 3.91. The van der Waals surface area contributed by atoms with E-state index in [0.29, 0.717) is 47.6 Å². The Bertz CT molecular complexity index is 3370. The van der Waals surface area contributed by atoms with Crippen LogP contribution in [0.2, 0.25) is 0 Å². The van der Waals surface area contributed by atoms with Crippen LogP contribution in [-0.2, 0) is 39.0 Å². The summed E-state index contributed by atoms with van der Waals surface area (Å²) in [5, 5.41) is 4.80. The first-order valence-electron chi connectivity index (χ1n) is 26.3. The van der Waals surface area contributed by atoms with Crippen LogP contribution in [0.15, 0.2) is 146 Å². The number of methoxy groups -OCH3 is 6. The van der Waals surface area contributed by atoms with E-state index in [9.17, 15) is 0 Å². The van der Waals surface area contributed by atoms with Gasteiger partial charge in [0.05, 0.1) is 76.5 Å². The van der Waals surface area contributed by atoms with Crippen LogP contribution in [0.25, 0.3) is 66.1 Å². The van der Waals surface area contributed by atoms with E-state index < -0.39 is 0 Å². The van der Waals surface area contributed by atoms with Gasteiger partial charge in [-0.25, -0.2) is 9.97 Å². The third-order valence-electron chi connectivity index (χ3n) is 15.1. The molecule has 12 heteroatoms. The lowest BCUT2D eigenvalue weighted by molar-refractivity contribution is 0.120. The third-order valence-corrected chi connectivity index (χ3v) is 15.1. The van der Waals surface area contributed by atoms with E-state index in [0.717, 1.165) is 110 Å². The minimum absolute atomic E-state index is 0.552. The zero-order valence-electron chi connectivity index (χ0n) is 44.5. The minimum Gasteiger partial charge on any atom is -0.493 e. The molecule has 1 aliphatic rings. The van der Waals surface area contributed by atoms with Crippen molar-refractivity contribution in [3.05, 3.63) is 168 Å². The quantitative estimate of drug-likeness (QED) is 0.0734. The van der Waals surface area contributed by atoms with Gasteiger partial charge in [0.15, 0.2) is 23.0 Å². The van der Waals surface area contributed by atoms with E-state index in [4.69, 9.17) is 38.4 Å². The van der Waals surface area contributed by atoms with Crippen molar-refractivity contribution in [3.63, 3.8) is 0 Å². The second kappa shape index (κ2) is 22.4. The Morgan fingerprint density at radius 2 is 0.750 bits per heavy atom. The van der Waals surface area contributed by atoms with E-state index in [2.05, 4.69) is 140 Å². The van der Waals surface area contributed by atoms with Gasteiger partial charge in [-0.2, -0.15) is 0 Å². The van der Waals surface area contributed by atoms with Gasteiger partial charge in [-0.15, -0.1) is 0 Å². The molecule has 5 heterocycles. The summed E-state index contributed by atoms with van der Waals surface area (Å²) < 4.78 is 40.1. The molecule has 1 fully saturated rings. The number of ether oxygens (including phenoxy) is 6. The number of aryl methyl sites for hydroxylation is 4. The van der Waals surface area contributed by atoms with Crippen LogP contribution in [0.4, 0.5) is 0 Å². The average molecular weight is 1020 g/mol. The summed E-state index contributed by atoms with van der Waals surface area (Å²) in [5.41, 5.74) is 12.9. The standard InChI is InChI=1S/C64H66N6O6/c1-71-55-35-45(36-56(72-2)63(55)75-5)59-61-51(49-25-13-15-27-53(49)69(61)29-17-23-43-19-9-7-10-20-43)39-47(65-59)41-67-31-33-68(34-32-67)42-48-40-52-50-26-14-16-28-54(50)70(30-18-24-44-21-11-8-12-22-44)62(52)60(66-48)46-37-57(73-3)64(76-6)58(38-46)74-4/h7-16,19-22,25-28,35-40H,17-18,23-24,29-34,41-42H2,1-6H3. The fraction of sp³-hybridized carbons (Fsp3) is 0.281. The Morgan fingerprint density at radius 1 is 0.395 bits per heavy atom. The highest BCUT2D eigenvalue weighted by Crippen LogP contribution is 2.46.